The predicted octanol–water partition coefficient (Wildman–Crippen LogP) is 6.49. The third-order valence-electron chi connectivity index (χ3n) is 11.4. The Bertz CT molecular complexity index is 890. The number of carbonyl (C=O) groups is 2. The number of amides is 1. The Balaban J connectivity index is 1.34. The molecule has 0 aliphatic heterocycles. The number of nitrogens with two attached hydrogens (primary N) is 2. The van der Waals surface area contributed by atoms with E-state index in [0.717, 1.165) is 54.8 Å². The number of hydrogen-bond acceptors (Lipinski definition) is 5. The maximum atomic E-state index is 12.5. The minimum Gasteiger partial charge on any atom is -0.461 e. The second-order valence-electron chi connectivity index (χ2n) is 14.2. The molecular formula is C32H54N2O3S. The van der Waals surface area contributed by atoms with Gasteiger partial charge >= 0.3 is 5.97 Å². The maximum absolute atomic E-state index is 12.5. The molecule has 9 atom stereocenters. The summed E-state index contributed by atoms with van der Waals surface area (Å²) >= 11 is 1.32. The molecule has 0 bridgehead atoms. The van der Waals surface area contributed by atoms with Gasteiger partial charge in [0.1, 0.15) is 6.10 Å². The van der Waals surface area contributed by atoms with Crippen molar-refractivity contribution in [2.24, 2.45) is 57.8 Å². The normalized spacial score (nSPS) is 38.0. The SMILES string of the molecule is CC(C)CCC[C@@H](C)C1CCC2C3CC=C4C[C@@H](OC(=O)CSCC(N)C(N)=O)CC[C@]4(C)C3CC[C@@]21C. The van der Waals surface area contributed by atoms with Gasteiger partial charge in [-0.15, -0.1) is 11.8 Å². The van der Waals surface area contributed by atoms with Gasteiger partial charge in [-0.3, -0.25) is 9.59 Å². The van der Waals surface area contributed by atoms with Crippen LogP contribution in [0.4, 0.5) is 0 Å². The smallest absolute Gasteiger partial charge is 0.316 e. The largest absolute Gasteiger partial charge is 0.461 e. The number of thioether (sulfide) groups is 1. The van der Waals surface area contributed by atoms with E-state index < -0.39 is 11.9 Å². The highest BCUT2D eigenvalue weighted by Crippen LogP contribution is 2.67. The number of esters is 1. The highest BCUT2D eigenvalue weighted by Gasteiger charge is 2.59. The zero-order valence-corrected chi connectivity index (χ0v) is 25.5. The van der Waals surface area contributed by atoms with E-state index in [4.69, 9.17) is 16.2 Å². The van der Waals surface area contributed by atoms with Crippen LogP contribution in [0.1, 0.15) is 105 Å². The summed E-state index contributed by atoms with van der Waals surface area (Å²) in [6.07, 6.45) is 16.5. The standard InChI is InChI=1S/C32H54N2O3S/c1-20(2)7-6-8-21(3)25-11-12-26-24-10-9-22-17-23(37-29(35)19-38-18-28(33)30(34)36)13-15-31(22,4)27(24)14-16-32(25,26)5/h9,20-21,23-28H,6-8,10-19,33H2,1-5H3,(H2,34,36)/t21-,23+,24?,25?,26?,27?,28?,31+,32-/m1/s1. The van der Waals surface area contributed by atoms with Crippen molar-refractivity contribution in [3.63, 3.8) is 0 Å². The first-order valence-electron chi connectivity index (χ1n) is 15.5. The van der Waals surface area contributed by atoms with Crippen LogP contribution in [0.3, 0.4) is 0 Å². The van der Waals surface area contributed by atoms with Crippen LogP contribution >= 0.6 is 11.8 Å². The van der Waals surface area contributed by atoms with Gasteiger partial charge in [0, 0.05) is 12.2 Å². The molecule has 0 aromatic carbocycles. The summed E-state index contributed by atoms with van der Waals surface area (Å²) < 4.78 is 5.88. The lowest BCUT2D eigenvalue weighted by molar-refractivity contribution is -0.148. The molecule has 5 nitrogen and oxygen atoms in total. The van der Waals surface area contributed by atoms with E-state index in [1.807, 2.05) is 0 Å². The molecule has 1 amide bonds. The fourth-order valence-corrected chi connectivity index (χ4v) is 10.1. The first-order chi connectivity index (χ1) is 18.0. The van der Waals surface area contributed by atoms with Crippen LogP contribution < -0.4 is 11.5 Å². The first kappa shape index (κ1) is 30.0. The van der Waals surface area contributed by atoms with E-state index in [1.165, 1.54) is 63.1 Å². The average molecular weight is 547 g/mol. The number of fused-ring (bicyclic) bond motifs is 5. The summed E-state index contributed by atoms with van der Waals surface area (Å²) in [4.78, 5) is 23.6. The van der Waals surface area contributed by atoms with Crippen molar-refractivity contribution in [1.29, 1.82) is 0 Å². The topological polar surface area (TPSA) is 95.4 Å². The van der Waals surface area contributed by atoms with Crippen LogP contribution in [0.5, 0.6) is 0 Å². The molecule has 4 rings (SSSR count). The fourth-order valence-electron chi connectivity index (χ4n) is 9.32. The molecule has 0 aromatic rings. The molecule has 0 aromatic heterocycles. The number of allylic oxidation sites excluding steroid dienone is 1. The van der Waals surface area contributed by atoms with Crippen LogP contribution in [0, 0.1) is 46.3 Å². The molecule has 5 unspecified atom stereocenters. The molecule has 3 saturated carbocycles. The van der Waals surface area contributed by atoms with E-state index in [-0.39, 0.29) is 23.2 Å². The number of ether oxygens (including phenoxy) is 1. The van der Waals surface area contributed by atoms with Crippen molar-refractivity contribution in [3.05, 3.63) is 11.6 Å². The molecule has 4 N–H and O–H groups in total. The van der Waals surface area contributed by atoms with Crippen LogP contribution in [-0.2, 0) is 14.3 Å². The predicted molar refractivity (Wildman–Crippen MR) is 157 cm³/mol. The van der Waals surface area contributed by atoms with Gasteiger partial charge in [0.05, 0.1) is 11.8 Å². The summed E-state index contributed by atoms with van der Waals surface area (Å²) in [6, 6.07) is -0.718. The Morgan fingerprint density at radius 1 is 1.08 bits per heavy atom. The van der Waals surface area contributed by atoms with Gasteiger partial charge in [-0.05, 0) is 91.3 Å². The molecule has 4 aliphatic carbocycles. The van der Waals surface area contributed by atoms with Crippen molar-refractivity contribution in [2.75, 3.05) is 11.5 Å². The number of hydrogen-bond donors (Lipinski definition) is 2. The molecule has 4 aliphatic rings. The van der Waals surface area contributed by atoms with E-state index in [0.29, 0.717) is 11.2 Å². The molecule has 216 valence electrons. The Kier molecular flexibility index (Phi) is 9.65. The third kappa shape index (κ3) is 6.16. The van der Waals surface area contributed by atoms with Crippen molar-refractivity contribution in [1.82, 2.24) is 0 Å². The fraction of sp³-hybridized carbons (Fsp3) is 0.875. The Morgan fingerprint density at radius 2 is 1.84 bits per heavy atom. The van der Waals surface area contributed by atoms with Crippen molar-refractivity contribution >= 4 is 23.6 Å². The lowest BCUT2D eigenvalue weighted by Crippen LogP contribution is -2.51. The average Bonchev–Trinajstić information content (AvgIpc) is 3.21. The summed E-state index contributed by atoms with van der Waals surface area (Å²) in [7, 11) is 0. The highest BCUT2D eigenvalue weighted by atomic mass is 32.2. The van der Waals surface area contributed by atoms with E-state index in [1.54, 1.807) is 5.57 Å². The van der Waals surface area contributed by atoms with Crippen molar-refractivity contribution < 1.29 is 14.3 Å². The van der Waals surface area contributed by atoms with Crippen molar-refractivity contribution in [2.45, 2.75) is 117 Å². The van der Waals surface area contributed by atoms with Crippen LogP contribution in [0.25, 0.3) is 0 Å². The monoisotopic (exact) mass is 546 g/mol. The van der Waals surface area contributed by atoms with Crippen LogP contribution in [-0.4, -0.2) is 35.5 Å². The van der Waals surface area contributed by atoms with Crippen LogP contribution in [0.15, 0.2) is 11.6 Å². The molecular weight excluding hydrogens is 492 g/mol. The van der Waals surface area contributed by atoms with Crippen molar-refractivity contribution in [3.8, 4) is 0 Å². The van der Waals surface area contributed by atoms with Gasteiger partial charge in [0.25, 0.3) is 0 Å². The number of carbonyl (C=O) groups excluding carboxylic acids is 2. The molecule has 0 heterocycles. The van der Waals surface area contributed by atoms with E-state index in [2.05, 4.69) is 40.7 Å². The maximum Gasteiger partial charge on any atom is 0.316 e. The zero-order valence-electron chi connectivity index (χ0n) is 24.7. The Hall–Kier alpha value is -1.01. The molecule has 6 heteroatoms. The van der Waals surface area contributed by atoms with Gasteiger partial charge in [0.2, 0.25) is 5.91 Å². The Morgan fingerprint density at radius 3 is 2.55 bits per heavy atom. The lowest BCUT2D eigenvalue weighted by Gasteiger charge is -2.58. The van der Waals surface area contributed by atoms with Gasteiger partial charge in [-0.2, -0.15) is 0 Å². The van der Waals surface area contributed by atoms with E-state index in [9.17, 15) is 9.59 Å². The second kappa shape index (κ2) is 12.2. The highest BCUT2D eigenvalue weighted by molar-refractivity contribution is 8.00. The zero-order chi connectivity index (χ0) is 27.7. The Labute approximate surface area is 236 Å². The molecule has 0 saturated heterocycles. The quantitative estimate of drug-likeness (QED) is 0.228. The number of rotatable bonds is 11. The number of primary amides is 1. The minimum atomic E-state index is -0.718. The minimum absolute atomic E-state index is 0.0276. The first-order valence-corrected chi connectivity index (χ1v) is 16.6. The summed E-state index contributed by atoms with van der Waals surface area (Å²) in [5.74, 6) is 4.85. The van der Waals surface area contributed by atoms with Gasteiger partial charge in [-0.25, -0.2) is 0 Å². The summed E-state index contributed by atoms with van der Waals surface area (Å²) in [6.45, 7) is 12.4. The molecule has 3 fully saturated rings. The van der Waals surface area contributed by atoms with Gasteiger partial charge < -0.3 is 16.2 Å². The van der Waals surface area contributed by atoms with Gasteiger partial charge in [-0.1, -0.05) is 65.5 Å². The summed E-state index contributed by atoms with van der Waals surface area (Å²) in [5.41, 5.74) is 13.2. The van der Waals surface area contributed by atoms with Gasteiger partial charge in [0.15, 0.2) is 0 Å². The second-order valence-corrected chi connectivity index (χ2v) is 15.2. The van der Waals surface area contributed by atoms with Crippen LogP contribution in [0.2, 0.25) is 0 Å². The third-order valence-corrected chi connectivity index (χ3v) is 12.5. The molecule has 0 spiro atoms. The van der Waals surface area contributed by atoms with E-state index >= 15 is 0 Å². The lowest BCUT2D eigenvalue weighted by atomic mass is 9.47. The summed E-state index contributed by atoms with van der Waals surface area (Å²) in [5, 5.41) is 0. The molecule has 0 radical (unpaired) electrons. The molecule has 38 heavy (non-hydrogen) atoms.